The van der Waals surface area contributed by atoms with E-state index in [-0.39, 0.29) is 0 Å². The Hall–Kier alpha value is -3.14. The van der Waals surface area contributed by atoms with Gasteiger partial charge in [0.25, 0.3) is 0 Å². The molecule has 0 radical (unpaired) electrons. The first-order valence-electron chi connectivity index (χ1n) is 9.90. The van der Waals surface area contributed by atoms with Crippen LogP contribution in [0.3, 0.4) is 0 Å². The van der Waals surface area contributed by atoms with Crippen LogP contribution in [0, 0.1) is 0 Å². The molecule has 0 amide bonds. The summed E-state index contributed by atoms with van der Waals surface area (Å²) >= 11 is 0. The van der Waals surface area contributed by atoms with E-state index >= 15 is 0 Å². The van der Waals surface area contributed by atoms with Crippen LogP contribution in [-0.2, 0) is 19.3 Å². The summed E-state index contributed by atoms with van der Waals surface area (Å²) in [5.74, 6) is 0.873. The largest absolute Gasteiger partial charge is 0.494 e. The maximum absolute atomic E-state index is 5.52. The molecular weight excluding hydrogens is 346 g/mol. The summed E-state index contributed by atoms with van der Waals surface area (Å²) in [4.78, 5) is 9.25. The first-order chi connectivity index (χ1) is 13.8. The van der Waals surface area contributed by atoms with Gasteiger partial charge in [0.15, 0.2) is 5.65 Å². The fourth-order valence-corrected chi connectivity index (χ4v) is 3.37. The molecule has 142 valence electrons. The van der Waals surface area contributed by atoms with Crippen LogP contribution in [0.1, 0.15) is 30.5 Å². The molecule has 4 nitrogen and oxygen atoms in total. The van der Waals surface area contributed by atoms with Crippen molar-refractivity contribution in [1.82, 2.24) is 14.5 Å². The number of nitrogens with zero attached hydrogens (tertiary/aromatic N) is 3. The number of benzene rings is 2. The SMILES string of the molecule is CCOc1ccc(-n2cnc3cc(CCc4ccc(CC)cc4)cnc32)cc1. The normalized spacial score (nSPS) is 11.1. The van der Waals surface area contributed by atoms with Crippen LogP contribution in [-0.4, -0.2) is 21.1 Å². The van der Waals surface area contributed by atoms with Gasteiger partial charge in [-0.25, -0.2) is 9.97 Å². The quantitative estimate of drug-likeness (QED) is 0.450. The number of aryl methyl sites for hydroxylation is 3. The van der Waals surface area contributed by atoms with Gasteiger partial charge in [0.1, 0.15) is 17.6 Å². The summed E-state index contributed by atoms with van der Waals surface area (Å²) in [7, 11) is 0. The fraction of sp³-hybridized carbons (Fsp3) is 0.250. The van der Waals surface area contributed by atoms with E-state index in [2.05, 4.69) is 47.2 Å². The zero-order valence-electron chi connectivity index (χ0n) is 16.4. The Kier molecular flexibility index (Phi) is 5.38. The Morgan fingerprint density at radius 1 is 0.821 bits per heavy atom. The minimum absolute atomic E-state index is 0.667. The van der Waals surface area contributed by atoms with Crippen LogP contribution in [0.5, 0.6) is 5.75 Å². The third-order valence-electron chi connectivity index (χ3n) is 5.00. The maximum atomic E-state index is 5.52. The molecule has 2 aromatic heterocycles. The van der Waals surface area contributed by atoms with Gasteiger partial charge < -0.3 is 4.74 Å². The molecule has 0 aliphatic carbocycles. The van der Waals surface area contributed by atoms with Crippen LogP contribution in [0.4, 0.5) is 0 Å². The molecule has 0 atom stereocenters. The number of imidazole rings is 1. The molecule has 0 unspecified atom stereocenters. The van der Waals surface area contributed by atoms with Gasteiger partial charge in [0.05, 0.1) is 6.61 Å². The Bertz CT molecular complexity index is 1050. The van der Waals surface area contributed by atoms with E-state index in [1.807, 2.05) is 48.3 Å². The number of ether oxygens (including phenoxy) is 1. The second kappa shape index (κ2) is 8.26. The molecular formula is C24H25N3O. The molecule has 0 aliphatic rings. The number of fused-ring (bicyclic) bond motifs is 1. The Morgan fingerprint density at radius 2 is 1.54 bits per heavy atom. The molecule has 0 aliphatic heterocycles. The summed E-state index contributed by atoms with van der Waals surface area (Å²) < 4.78 is 7.53. The third-order valence-corrected chi connectivity index (χ3v) is 5.00. The molecule has 0 bridgehead atoms. The highest BCUT2D eigenvalue weighted by Gasteiger charge is 2.08. The van der Waals surface area contributed by atoms with E-state index in [4.69, 9.17) is 4.74 Å². The molecule has 2 heterocycles. The first-order valence-corrected chi connectivity index (χ1v) is 9.90. The zero-order valence-corrected chi connectivity index (χ0v) is 16.4. The molecule has 2 aromatic carbocycles. The number of pyridine rings is 1. The topological polar surface area (TPSA) is 39.9 Å². The van der Waals surface area contributed by atoms with Crippen molar-refractivity contribution >= 4 is 11.2 Å². The highest BCUT2D eigenvalue weighted by atomic mass is 16.5. The molecule has 0 fully saturated rings. The lowest BCUT2D eigenvalue weighted by Gasteiger charge is -2.07. The minimum atomic E-state index is 0.667. The van der Waals surface area contributed by atoms with Crippen molar-refractivity contribution in [3.63, 3.8) is 0 Å². The maximum Gasteiger partial charge on any atom is 0.164 e. The van der Waals surface area contributed by atoms with Crippen molar-refractivity contribution in [2.75, 3.05) is 6.61 Å². The lowest BCUT2D eigenvalue weighted by molar-refractivity contribution is 0.340. The van der Waals surface area contributed by atoms with Gasteiger partial charge in [0, 0.05) is 11.9 Å². The van der Waals surface area contributed by atoms with Crippen molar-refractivity contribution in [3.05, 3.63) is 83.8 Å². The van der Waals surface area contributed by atoms with Crippen LogP contribution >= 0.6 is 0 Å². The summed E-state index contributed by atoms with van der Waals surface area (Å²) in [6, 6.07) is 19.0. The van der Waals surface area contributed by atoms with Crippen molar-refractivity contribution in [3.8, 4) is 11.4 Å². The molecule has 0 saturated carbocycles. The third kappa shape index (κ3) is 3.91. The molecule has 0 spiro atoms. The standard InChI is InChI=1S/C24H25N3O/c1-3-18-5-7-19(8-6-18)9-10-20-15-23-24(25-16-20)27(17-26-23)21-11-13-22(14-12-21)28-4-2/h5-8,11-17H,3-4,9-10H2,1-2H3. The highest BCUT2D eigenvalue weighted by Crippen LogP contribution is 2.20. The molecule has 4 aromatic rings. The highest BCUT2D eigenvalue weighted by molar-refractivity contribution is 5.73. The van der Waals surface area contributed by atoms with Crippen LogP contribution in [0.25, 0.3) is 16.9 Å². The average Bonchev–Trinajstić information content (AvgIpc) is 3.17. The van der Waals surface area contributed by atoms with Gasteiger partial charge in [-0.15, -0.1) is 0 Å². The summed E-state index contributed by atoms with van der Waals surface area (Å²) in [6.07, 6.45) is 6.86. The van der Waals surface area contributed by atoms with Crippen LogP contribution < -0.4 is 4.74 Å². The first kappa shape index (κ1) is 18.2. The number of hydrogen-bond acceptors (Lipinski definition) is 3. The second-order valence-electron chi connectivity index (χ2n) is 6.90. The molecule has 4 heteroatoms. The van der Waals surface area contributed by atoms with Gasteiger partial charge in [-0.05, 0) is 73.2 Å². The number of hydrogen-bond donors (Lipinski definition) is 0. The minimum Gasteiger partial charge on any atom is -0.494 e. The summed E-state index contributed by atoms with van der Waals surface area (Å²) in [6.45, 7) is 4.84. The predicted octanol–water partition coefficient (Wildman–Crippen LogP) is 5.17. The van der Waals surface area contributed by atoms with E-state index in [0.717, 1.165) is 41.9 Å². The molecule has 28 heavy (non-hydrogen) atoms. The summed E-state index contributed by atoms with van der Waals surface area (Å²) in [5, 5.41) is 0. The zero-order chi connectivity index (χ0) is 19.3. The molecule has 0 saturated heterocycles. The fourth-order valence-electron chi connectivity index (χ4n) is 3.37. The lowest BCUT2D eigenvalue weighted by atomic mass is 10.0. The van der Waals surface area contributed by atoms with Gasteiger partial charge in [0.2, 0.25) is 0 Å². The second-order valence-corrected chi connectivity index (χ2v) is 6.90. The van der Waals surface area contributed by atoms with E-state index in [1.54, 1.807) is 0 Å². The smallest absolute Gasteiger partial charge is 0.164 e. The van der Waals surface area contributed by atoms with Gasteiger partial charge >= 0.3 is 0 Å². The van der Waals surface area contributed by atoms with Gasteiger partial charge in [-0.2, -0.15) is 0 Å². The summed E-state index contributed by atoms with van der Waals surface area (Å²) in [5.41, 5.74) is 6.78. The predicted molar refractivity (Wildman–Crippen MR) is 113 cm³/mol. The van der Waals surface area contributed by atoms with E-state index in [0.29, 0.717) is 6.61 Å². The Labute approximate surface area is 165 Å². The van der Waals surface area contributed by atoms with Crippen LogP contribution in [0.2, 0.25) is 0 Å². The Balaban J connectivity index is 1.50. The van der Waals surface area contributed by atoms with Crippen LogP contribution in [0.15, 0.2) is 67.1 Å². The Morgan fingerprint density at radius 3 is 2.25 bits per heavy atom. The van der Waals surface area contributed by atoms with E-state index < -0.39 is 0 Å². The monoisotopic (exact) mass is 371 g/mol. The van der Waals surface area contributed by atoms with Gasteiger partial charge in [-0.1, -0.05) is 31.2 Å². The number of aromatic nitrogens is 3. The molecule has 4 rings (SSSR count). The van der Waals surface area contributed by atoms with E-state index in [1.165, 1.54) is 16.7 Å². The van der Waals surface area contributed by atoms with Crippen molar-refractivity contribution in [2.24, 2.45) is 0 Å². The van der Waals surface area contributed by atoms with Crippen molar-refractivity contribution in [2.45, 2.75) is 33.1 Å². The van der Waals surface area contributed by atoms with Crippen molar-refractivity contribution < 1.29 is 4.74 Å². The van der Waals surface area contributed by atoms with E-state index in [9.17, 15) is 0 Å². The van der Waals surface area contributed by atoms with Crippen molar-refractivity contribution in [1.29, 1.82) is 0 Å². The van der Waals surface area contributed by atoms with Gasteiger partial charge in [-0.3, -0.25) is 4.57 Å². The lowest BCUT2D eigenvalue weighted by Crippen LogP contribution is -1.97. The average molecular weight is 371 g/mol. The number of rotatable bonds is 7. The molecule has 0 N–H and O–H groups in total.